The Balaban J connectivity index is 1.35. The number of hydrogen-bond acceptors (Lipinski definition) is 6. The number of anilines is 1. The number of amides is 1. The molecule has 2 heterocycles. The van der Waals surface area contributed by atoms with Gasteiger partial charge in [-0.3, -0.25) is 14.9 Å². The number of carbonyl (C=O) groups is 2. The van der Waals surface area contributed by atoms with E-state index in [0.29, 0.717) is 35.9 Å². The maximum Gasteiger partial charge on any atom is 0.237 e. The number of thiocarbonyl (C=S) groups is 1. The number of nitrogens with zero attached hydrogens (tertiary/aromatic N) is 3. The van der Waals surface area contributed by atoms with Gasteiger partial charge < -0.3 is 4.90 Å². The quantitative estimate of drug-likeness (QED) is 0.670. The summed E-state index contributed by atoms with van der Waals surface area (Å²) in [5.41, 5.74) is 2.38. The number of likely N-dealkylation sites (tertiary alicyclic amines) is 1. The standard InChI is InChI=1S/C24H28N4O2S2/c1-15-8-16(2)13-28(12-15)24(31)32-14-22(30)27-23-25-11-19-20(26-23)9-18(10-21(19)29)17-6-4-3-5-7-17/h3-7,11,15-16,18H,8-10,12-14H2,1-2H3,(H,25,26,27,30)/t15-,16-,18-/m0/s1. The molecule has 1 saturated heterocycles. The number of ketones is 1. The number of benzene rings is 1. The summed E-state index contributed by atoms with van der Waals surface area (Å²) < 4.78 is 0.765. The normalized spacial score (nSPS) is 22.9. The molecule has 1 aromatic heterocycles. The summed E-state index contributed by atoms with van der Waals surface area (Å²) in [6, 6.07) is 10.0. The number of fused-ring (bicyclic) bond motifs is 1. The molecular weight excluding hydrogens is 440 g/mol. The van der Waals surface area contributed by atoms with E-state index in [1.807, 2.05) is 30.3 Å². The van der Waals surface area contributed by atoms with Crippen molar-refractivity contribution in [3.63, 3.8) is 0 Å². The zero-order chi connectivity index (χ0) is 22.7. The van der Waals surface area contributed by atoms with Crippen LogP contribution >= 0.6 is 24.0 Å². The fourth-order valence-corrected chi connectivity index (χ4v) is 5.64. The number of piperidine rings is 1. The van der Waals surface area contributed by atoms with E-state index in [4.69, 9.17) is 12.2 Å². The summed E-state index contributed by atoms with van der Waals surface area (Å²) >= 11 is 6.93. The van der Waals surface area contributed by atoms with Gasteiger partial charge in [-0.2, -0.15) is 0 Å². The van der Waals surface area contributed by atoms with E-state index in [0.717, 1.165) is 23.0 Å². The first-order valence-corrected chi connectivity index (χ1v) is 12.4. The summed E-state index contributed by atoms with van der Waals surface area (Å²) in [6.45, 7) is 6.37. The average molecular weight is 469 g/mol. The first-order chi connectivity index (χ1) is 15.4. The molecule has 32 heavy (non-hydrogen) atoms. The molecule has 1 aliphatic carbocycles. The molecular formula is C24H28N4O2S2. The van der Waals surface area contributed by atoms with Crippen LogP contribution in [0.5, 0.6) is 0 Å². The topological polar surface area (TPSA) is 75.2 Å². The Morgan fingerprint density at radius 2 is 1.91 bits per heavy atom. The van der Waals surface area contributed by atoms with Crippen LogP contribution in [0.1, 0.15) is 54.2 Å². The van der Waals surface area contributed by atoms with Crippen LogP contribution < -0.4 is 5.32 Å². The van der Waals surface area contributed by atoms with Crippen molar-refractivity contribution in [2.24, 2.45) is 11.8 Å². The lowest BCUT2D eigenvalue weighted by Crippen LogP contribution is -2.41. The predicted octanol–water partition coefficient (Wildman–Crippen LogP) is 4.32. The fourth-order valence-electron chi connectivity index (χ4n) is 4.66. The van der Waals surface area contributed by atoms with Gasteiger partial charge in [-0.25, -0.2) is 9.97 Å². The monoisotopic (exact) mass is 468 g/mol. The Labute approximate surface area is 198 Å². The van der Waals surface area contributed by atoms with E-state index >= 15 is 0 Å². The molecule has 1 aliphatic heterocycles. The van der Waals surface area contributed by atoms with Crippen LogP contribution in [0.25, 0.3) is 0 Å². The van der Waals surface area contributed by atoms with Crippen molar-refractivity contribution >= 4 is 45.9 Å². The Kier molecular flexibility index (Phi) is 7.20. The molecule has 0 unspecified atom stereocenters. The molecule has 0 spiro atoms. The third-order valence-electron chi connectivity index (χ3n) is 6.02. The van der Waals surface area contributed by atoms with E-state index in [1.54, 1.807) is 0 Å². The molecule has 1 amide bonds. The van der Waals surface area contributed by atoms with Gasteiger partial charge in [0, 0.05) is 25.7 Å². The van der Waals surface area contributed by atoms with Gasteiger partial charge in [0.2, 0.25) is 11.9 Å². The fraction of sp³-hybridized carbons (Fsp3) is 0.458. The van der Waals surface area contributed by atoms with Crippen molar-refractivity contribution < 1.29 is 9.59 Å². The number of nitrogens with one attached hydrogen (secondary N) is 1. The Morgan fingerprint density at radius 1 is 1.19 bits per heavy atom. The molecule has 0 bridgehead atoms. The van der Waals surface area contributed by atoms with Gasteiger partial charge in [-0.1, -0.05) is 68.2 Å². The van der Waals surface area contributed by atoms with Crippen LogP contribution in [0.4, 0.5) is 5.95 Å². The summed E-state index contributed by atoms with van der Waals surface area (Å²) in [6.07, 6.45) is 3.86. The maximum atomic E-state index is 12.6. The molecule has 2 aromatic rings. The molecule has 3 atom stereocenters. The summed E-state index contributed by atoms with van der Waals surface area (Å²) in [4.78, 5) is 36.0. The average Bonchev–Trinajstić information content (AvgIpc) is 2.77. The van der Waals surface area contributed by atoms with Crippen LogP contribution in [-0.2, 0) is 11.2 Å². The van der Waals surface area contributed by atoms with Crippen molar-refractivity contribution in [3.8, 4) is 0 Å². The maximum absolute atomic E-state index is 12.6. The molecule has 168 valence electrons. The number of carbonyl (C=O) groups excluding carboxylic acids is 2. The molecule has 0 saturated carbocycles. The molecule has 1 fully saturated rings. The second-order valence-corrected chi connectivity index (χ2v) is 10.6. The highest BCUT2D eigenvalue weighted by Gasteiger charge is 2.28. The van der Waals surface area contributed by atoms with Crippen LogP contribution in [-0.4, -0.2) is 49.7 Å². The molecule has 1 aromatic carbocycles. The number of thioether (sulfide) groups is 1. The first kappa shape index (κ1) is 22.9. The number of aromatic nitrogens is 2. The third-order valence-corrected chi connectivity index (χ3v) is 7.54. The molecule has 6 nitrogen and oxygen atoms in total. The van der Waals surface area contributed by atoms with Gasteiger partial charge in [0.1, 0.15) is 4.32 Å². The number of hydrogen-bond donors (Lipinski definition) is 1. The highest BCUT2D eigenvalue weighted by Crippen LogP contribution is 2.32. The van der Waals surface area contributed by atoms with Crippen molar-refractivity contribution in [2.45, 2.75) is 39.0 Å². The van der Waals surface area contributed by atoms with E-state index < -0.39 is 0 Å². The van der Waals surface area contributed by atoms with Gasteiger partial charge in [-0.15, -0.1) is 0 Å². The predicted molar refractivity (Wildman–Crippen MR) is 132 cm³/mol. The Morgan fingerprint density at radius 3 is 2.62 bits per heavy atom. The van der Waals surface area contributed by atoms with Crippen LogP contribution in [0, 0.1) is 11.8 Å². The summed E-state index contributed by atoms with van der Waals surface area (Å²) in [5.74, 6) is 1.61. The molecule has 0 radical (unpaired) electrons. The van der Waals surface area contributed by atoms with E-state index in [-0.39, 0.29) is 29.3 Å². The minimum Gasteiger partial charge on any atom is -0.357 e. The smallest absolute Gasteiger partial charge is 0.237 e. The van der Waals surface area contributed by atoms with E-state index in [9.17, 15) is 9.59 Å². The summed E-state index contributed by atoms with van der Waals surface area (Å²) in [5, 5.41) is 2.77. The molecule has 4 rings (SSSR count). The highest BCUT2D eigenvalue weighted by atomic mass is 32.2. The van der Waals surface area contributed by atoms with Gasteiger partial charge >= 0.3 is 0 Å². The second kappa shape index (κ2) is 10.1. The lowest BCUT2D eigenvalue weighted by atomic mass is 9.82. The van der Waals surface area contributed by atoms with Crippen LogP contribution in [0.3, 0.4) is 0 Å². The van der Waals surface area contributed by atoms with Gasteiger partial charge in [0.15, 0.2) is 5.78 Å². The van der Waals surface area contributed by atoms with Crippen LogP contribution in [0.15, 0.2) is 36.5 Å². The first-order valence-electron chi connectivity index (χ1n) is 11.0. The third kappa shape index (κ3) is 5.53. The summed E-state index contributed by atoms with van der Waals surface area (Å²) in [7, 11) is 0. The number of rotatable bonds is 4. The largest absolute Gasteiger partial charge is 0.357 e. The minimum absolute atomic E-state index is 0.0453. The molecule has 2 aliphatic rings. The van der Waals surface area contributed by atoms with Crippen LogP contribution in [0.2, 0.25) is 0 Å². The molecule has 8 heteroatoms. The van der Waals surface area contributed by atoms with Crippen molar-refractivity contribution in [1.82, 2.24) is 14.9 Å². The zero-order valence-corrected chi connectivity index (χ0v) is 20.0. The van der Waals surface area contributed by atoms with Gasteiger partial charge in [0.25, 0.3) is 0 Å². The number of Topliss-reactive ketones (excluding diaryl/α,β-unsaturated/α-hetero) is 1. The van der Waals surface area contributed by atoms with E-state index in [1.165, 1.54) is 24.4 Å². The van der Waals surface area contributed by atoms with Gasteiger partial charge in [0.05, 0.1) is 17.0 Å². The zero-order valence-electron chi connectivity index (χ0n) is 18.4. The second-order valence-electron chi connectivity index (χ2n) is 8.95. The van der Waals surface area contributed by atoms with Crippen molar-refractivity contribution in [3.05, 3.63) is 53.3 Å². The Hall–Kier alpha value is -2.32. The highest BCUT2D eigenvalue weighted by molar-refractivity contribution is 8.23. The molecule has 1 N–H and O–H groups in total. The Bertz CT molecular complexity index is 1000. The lowest BCUT2D eigenvalue weighted by Gasteiger charge is -2.36. The minimum atomic E-state index is -0.197. The van der Waals surface area contributed by atoms with Gasteiger partial charge in [-0.05, 0) is 36.2 Å². The van der Waals surface area contributed by atoms with E-state index in [2.05, 4.69) is 34.0 Å². The van der Waals surface area contributed by atoms with Crippen molar-refractivity contribution in [1.29, 1.82) is 0 Å². The SMILES string of the molecule is C[C@H]1C[C@H](C)CN(C(=S)SCC(=O)Nc2ncc3c(n2)C[C@H](c2ccccc2)CC3=O)C1. The lowest BCUT2D eigenvalue weighted by molar-refractivity contribution is -0.113. The van der Waals surface area contributed by atoms with Crippen molar-refractivity contribution in [2.75, 3.05) is 24.2 Å².